The van der Waals surface area contributed by atoms with E-state index >= 15 is 0 Å². The molecule has 128 valence electrons. The van der Waals surface area contributed by atoms with E-state index in [1.807, 2.05) is 24.3 Å². The van der Waals surface area contributed by atoms with E-state index in [9.17, 15) is 14.4 Å². The molecule has 2 amide bonds. The van der Waals surface area contributed by atoms with Crippen LogP contribution in [0.3, 0.4) is 0 Å². The largest absolute Gasteiger partial charge is 0.481 e. The number of hydrogen-bond donors (Lipinski definition) is 1. The second kappa shape index (κ2) is 7.00. The molecule has 0 aliphatic carbocycles. The monoisotopic (exact) mass is 332 g/mol. The second-order valence-electron chi connectivity index (χ2n) is 6.02. The summed E-state index contributed by atoms with van der Waals surface area (Å²) in [5, 5.41) is 9.00. The molecule has 2 aliphatic rings. The number of aryl methyl sites for hydroxylation is 1. The van der Waals surface area contributed by atoms with Gasteiger partial charge in [-0.15, -0.1) is 0 Å². The van der Waals surface area contributed by atoms with Crippen LogP contribution >= 0.6 is 0 Å². The van der Waals surface area contributed by atoms with Crippen LogP contribution in [0, 0.1) is 0 Å². The van der Waals surface area contributed by atoms with Crippen LogP contribution in [-0.4, -0.2) is 60.1 Å². The first kappa shape index (κ1) is 16.4. The van der Waals surface area contributed by atoms with Crippen LogP contribution in [0.2, 0.25) is 0 Å². The average molecular weight is 332 g/mol. The SMILES string of the molecule is O=C(O)CC1COCCN1C(=O)CN1C(=O)CCc2ccccc21. The summed E-state index contributed by atoms with van der Waals surface area (Å²) in [5.41, 5.74) is 1.82. The molecule has 1 N–H and O–H groups in total. The molecule has 1 aromatic carbocycles. The maximum atomic E-state index is 12.7. The summed E-state index contributed by atoms with van der Waals surface area (Å²) in [6.07, 6.45) is 0.904. The molecule has 3 rings (SSSR count). The number of nitrogens with zero attached hydrogens (tertiary/aromatic N) is 2. The molecule has 0 saturated carbocycles. The Morgan fingerprint density at radius 2 is 2.04 bits per heavy atom. The molecule has 7 nitrogen and oxygen atoms in total. The van der Waals surface area contributed by atoms with E-state index in [1.165, 1.54) is 9.80 Å². The molecule has 1 unspecified atom stereocenters. The van der Waals surface area contributed by atoms with Crippen LogP contribution in [0.25, 0.3) is 0 Å². The maximum absolute atomic E-state index is 12.7. The molecule has 2 heterocycles. The van der Waals surface area contributed by atoms with E-state index in [1.54, 1.807) is 0 Å². The van der Waals surface area contributed by atoms with Gasteiger partial charge in [-0.2, -0.15) is 0 Å². The third-order valence-corrected chi connectivity index (χ3v) is 4.44. The van der Waals surface area contributed by atoms with Crippen molar-refractivity contribution in [1.29, 1.82) is 0 Å². The normalized spacial score (nSPS) is 20.7. The Morgan fingerprint density at radius 3 is 2.83 bits per heavy atom. The second-order valence-corrected chi connectivity index (χ2v) is 6.02. The summed E-state index contributed by atoms with van der Waals surface area (Å²) >= 11 is 0. The van der Waals surface area contributed by atoms with Gasteiger partial charge in [0.15, 0.2) is 0 Å². The highest BCUT2D eigenvalue weighted by Crippen LogP contribution is 2.27. The number of carboxylic acid groups (broad SMARTS) is 1. The van der Waals surface area contributed by atoms with Crippen LogP contribution in [0.15, 0.2) is 24.3 Å². The van der Waals surface area contributed by atoms with Crippen molar-refractivity contribution in [2.75, 3.05) is 31.2 Å². The number of para-hydroxylation sites is 1. The smallest absolute Gasteiger partial charge is 0.305 e. The number of morpholine rings is 1. The average Bonchev–Trinajstić information content (AvgIpc) is 2.57. The molecule has 0 bridgehead atoms. The summed E-state index contributed by atoms with van der Waals surface area (Å²) in [6.45, 7) is 0.876. The standard InChI is InChI=1S/C17H20N2O5/c20-15-6-5-12-3-1-2-4-14(12)19(15)10-16(21)18-7-8-24-11-13(18)9-17(22)23/h1-4,13H,5-11H2,(H,22,23). The predicted molar refractivity (Wildman–Crippen MR) is 85.7 cm³/mol. The van der Waals surface area contributed by atoms with Gasteiger partial charge in [0.25, 0.3) is 0 Å². The van der Waals surface area contributed by atoms with Crippen LogP contribution in [0.1, 0.15) is 18.4 Å². The summed E-state index contributed by atoms with van der Waals surface area (Å²) in [5.74, 6) is -1.29. The lowest BCUT2D eigenvalue weighted by Gasteiger charge is -2.37. The third kappa shape index (κ3) is 3.41. The molecular formula is C17H20N2O5. The summed E-state index contributed by atoms with van der Waals surface area (Å²) in [7, 11) is 0. The van der Waals surface area contributed by atoms with Gasteiger partial charge >= 0.3 is 5.97 Å². The Morgan fingerprint density at radius 1 is 1.25 bits per heavy atom. The molecule has 1 aromatic rings. The quantitative estimate of drug-likeness (QED) is 0.875. The van der Waals surface area contributed by atoms with E-state index in [0.29, 0.717) is 26.0 Å². The Balaban J connectivity index is 1.76. The number of benzene rings is 1. The van der Waals surface area contributed by atoms with Gasteiger partial charge in [-0.1, -0.05) is 18.2 Å². The number of carbonyl (C=O) groups excluding carboxylic acids is 2. The molecule has 2 aliphatic heterocycles. The van der Waals surface area contributed by atoms with Gasteiger partial charge in [-0.3, -0.25) is 14.4 Å². The van der Waals surface area contributed by atoms with E-state index < -0.39 is 12.0 Å². The molecule has 0 spiro atoms. The molecule has 0 radical (unpaired) electrons. The number of rotatable bonds is 4. The van der Waals surface area contributed by atoms with Gasteiger partial charge in [-0.25, -0.2) is 0 Å². The zero-order valence-electron chi connectivity index (χ0n) is 13.3. The zero-order chi connectivity index (χ0) is 17.1. The van der Waals surface area contributed by atoms with Crippen LogP contribution in [0.4, 0.5) is 5.69 Å². The summed E-state index contributed by atoms with van der Waals surface area (Å²) in [6, 6.07) is 7.07. The van der Waals surface area contributed by atoms with Gasteiger partial charge in [0, 0.05) is 18.7 Å². The van der Waals surface area contributed by atoms with Crippen molar-refractivity contribution < 1.29 is 24.2 Å². The minimum absolute atomic E-state index is 0.0635. The Labute approximate surface area is 139 Å². The molecule has 1 fully saturated rings. The van der Waals surface area contributed by atoms with Gasteiger partial charge in [0.1, 0.15) is 6.54 Å². The highest BCUT2D eigenvalue weighted by Gasteiger charge is 2.32. The highest BCUT2D eigenvalue weighted by atomic mass is 16.5. The lowest BCUT2D eigenvalue weighted by molar-refractivity contribution is -0.146. The molecular weight excluding hydrogens is 312 g/mol. The number of anilines is 1. The zero-order valence-corrected chi connectivity index (χ0v) is 13.3. The molecule has 1 atom stereocenters. The van der Waals surface area contributed by atoms with E-state index in [0.717, 1.165) is 11.3 Å². The fraction of sp³-hybridized carbons (Fsp3) is 0.471. The predicted octanol–water partition coefficient (Wildman–Crippen LogP) is 0.668. The van der Waals surface area contributed by atoms with Crippen molar-refractivity contribution in [3.63, 3.8) is 0 Å². The van der Waals surface area contributed by atoms with Crippen molar-refractivity contribution in [3.05, 3.63) is 29.8 Å². The van der Waals surface area contributed by atoms with Crippen molar-refractivity contribution >= 4 is 23.5 Å². The minimum atomic E-state index is -0.970. The summed E-state index contributed by atoms with van der Waals surface area (Å²) < 4.78 is 5.29. The number of carbonyl (C=O) groups is 3. The van der Waals surface area contributed by atoms with Crippen LogP contribution in [0.5, 0.6) is 0 Å². The maximum Gasteiger partial charge on any atom is 0.305 e. The molecule has 0 aromatic heterocycles. The fourth-order valence-electron chi connectivity index (χ4n) is 3.25. The molecule has 7 heteroatoms. The van der Waals surface area contributed by atoms with E-state index in [-0.39, 0.29) is 31.4 Å². The van der Waals surface area contributed by atoms with Crippen molar-refractivity contribution in [1.82, 2.24) is 4.90 Å². The Bertz CT molecular complexity index is 660. The van der Waals surface area contributed by atoms with Crippen molar-refractivity contribution in [2.45, 2.75) is 25.3 Å². The molecule has 1 saturated heterocycles. The Hall–Kier alpha value is -2.41. The number of carboxylic acids is 1. The van der Waals surface area contributed by atoms with Gasteiger partial charge < -0.3 is 19.6 Å². The highest BCUT2D eigenvalue weighted by molar-refractivity contribution is 6.01. The Kier molecular flexibility index (Phi) is 4.80. The lowest BCUT2D eigenvalue weighted by atomic mass is 10.0. The van der Waals surface area contributed by atoms with Crippen molar-refractivity contribution in [3.8, 4) is 0 Å². The van der Waals surface area contributed by atoms with Crippen LogP contribution in [-0.2, 0) is 25.5 Å². The topological polar surface area (TPSA) is 87.2 Å². The number of aliphatic carboxylic acids is 1. The van der Waals surface area contributed by atoms with Gasteiger partial charge in [0.2, 0.25) is 11.8 Å². The number of ether oxygens (including phenoxy) is 1. The first-order valence-corrected chi connectivity index (χ1v) is 8.03. The number of fused-ring (bicyclic) bond motifs is 1. The first-order chi connectivity index (χ1) is 11.6. The number of hydrogen-bond acceptors (Lipinski definition) is 4. The van der Waals surface area contributed by atoms with E-state index in [4.69, 9.17) is 9.84 Å². The first-order valence-electron chi connectivity index (χ1n) is 8.03. The van der Waals surface area contributed by atoms with Gasteiger partial charge in [0.05, 0.1) is 25.7 Å². The van der Waals surface area contributed by atoms with Crippen LogP contribution < -0.4 is 4.90 Å². The minimum Gasteiger partial charge on any atom is -0.481 e. The number of amides is 2. The lowest BCUT2D eigenvalue weighted by Crippen LogP contribution is -2.53. The third-order valence-electron chi connectivity index (χ3n) is 4.44. The fourth-order valence-corrected chi connectivity index (χ4v) is 3.25. The molecule has 24 heavy (non-hydrogen) atoms. The van der Waals surface area contributed by atoms with Gasteiger partial charge in [-0.05, 0) is 18.1 Å². The summed E-state index contributed by atoms with van der Waals surface area (Å²) in [4.78, 5) is 39.0. The van der Waals surface area contributed by atoms with Crippen molar-refractivity contribution in [2.24, 2.45) is 0 Å². The van der Waals surface area contributed by atoms with E-state index in [2.05, 4.69) is 0 Å².